The van der Waals surface area contributed by atoms with E-state index in [4.69, 9.17) is 9.15 Å². The summed E-state index contributed by atoms with van der Waals surface area (Å²) in [4.78, 5) is 12.3. The number of nitrogens with zero attached hydrogens (tertiary/aromatic N) is 2. The van der Waals surface area contributed by atoms with Crippen LogP contribution in [0.5, 0.6) is 0 Å². The highest BCUT2D eigenvalue weighted by Crippen LogP contribution is 2.23. The van der Waals surface area contributed by atoms with Crippen molar-refractivity contribution in [2.24, 2.45) is 0 Å². The summed E-state index contributed by atoms with van der Waals surface area (Å²) >= 11 is 0. The van der Waals surface area contributed by atoms with E-state index in [1.807, 2.05) is 30.3 Å². The minimum absolute atomic E-state index is 0.0804. The maximum atomic E-state index is 12.3. The van der Waals surface area contributed by atoms with Gasteiger partial charge in [-0.2, -0.15) is 0 Å². The van der Waals surface area contributed by atoms with Gasteiger partial charge in [-0.3, -0.25) is 0 Å². The molecule has 3 rings (SSSR count). The Balaban J connectivity index is 1.66. The van der Waals surface area contributed by atoms with Crippen LogP contribution in [0.25, 0.3) is 11.5 Å². The topological polar surface area (TPSA) is 99.4 Å². The second kappa shape index (κ2) is 7.71. The summed E-state index contributed by atoms with van der Waals surface area (Å²) in [5, 5.41) is 7.90. The zero-order valence-electron chi connectivity index (χ0n) is 14.8. The Labute approximate surface area is 156 Å². The van der Waals surface area contributed by atoms with Gasteiger partial charge in [0.2, 0.25) is 5.89 Å². The van der Waals surface area contributed by atoms with Crippen LogP contribution in [0.1, 0.15) is 34.8 Å². The van der Waals surface area contributed by atoms with Crippen LogP contribution in [0.15, 0.2) is 59.0 Å². The van der Waals surface area contributed by atoms with Gasteiger partial charge in [0.1, 0.15) is 0 Å². The standard InChI is InChI=1S/C19H18N2O5S/c1-13(17-20-21-18(26-17)15-6-4-3-5-7-15)25-19(22)16-10-8-14(9-11-16)12-27(2,23)24/h3-11,13H,12H2,1-2H3/t13-/m1/s1. The van der Waals surface area contributed by atoms with Crippen LogP contribution < -0.4 is 0 Å². The molecule has 3 aromatic rings. The number of aromatic nitrogens is 2. The lowest BCUT2D eigenvalue weighted by molar-refractivity contribution is 0.0280. The first-order chi connectivity index (χ1) is 12.8. The normalized spacial score (nSPS) is 12.5. The van der Waals surface area contributed by atoms with Crippen molar-refractivity contribution in [3.05, 3.63) is 71.6 Å². The molecule has 7 nitrogen and oxygen atoms in total. The van der Waals surface area contributed by atoms with E-state index in [0.29, 0.717) is 17.0 Å². The summed E-state index contributed by atoms with van der Waals surface area (Å²) < 4.78 is 33.6. The largest absolute Gasteiger partial charge is 0.449 e. The number of benzene rings is 2. The predicted molar refractivity (Wildman–Crippen MR) is 98.6 cm³/mol. The Morgan fingerprint density at radius 1 is 1.07 bits per heavy atom. The number of hydrogen-bond acceptors (Lipinski definition) is 7. The van der Waals surface area contributed by atoms with Crippen LogP contribution in [-0.4, -0.2) is 30.8 Å². The van der Waals surface area contributed by atoms with Crippen molar-refractivity contribution < 1.29 is 22.4 Å². The molecule has 8 heteroatoms. The van der Waals surface area contributed by atoms with Crippen LogP contribution in [0.2, 0.25) is 0 Å². The highest BCUT2D eigenvalue weighted by atomic mass is 32.2. The molecular weight excluding hydrogens is 368 g/mol. The molecule has 0 aliphatic carbocycles. The van der Waals surface area contributed by atoms with Crippen molar-refractivity contribution in [1.29, 1.82) is 0 Å². The first kappa shape index (κ1) is 18.8. The Hall–Kier alpha value is -3.00. The Morgan fingerprint density at radius 3 is 2.37 bits per heavy atom. The summed E-state index contributed by atoms with van der Waals surface area (Å²) in [7, 11) is -3.13. The van der Waals surface area contributed by atoms with E-state index in [-0.39, 0.29) is 11.6 Å². The lowest BCUT2D eigenvalue weighted by Gasteiger charge is -2.09. The maximum Gasteiger partial charge on any atom is 0.338 e. The fraction of sp³-hybridized carbons (Fsp3) is 0.211. The molecule has 0 spiro atoms. The minimum Gasteiger partial charge on any atom is -0.449 e. The molecule has 0 N–H and O–H groups in total. The summed E-state index contributed by atoms with van der Waals surface area (Å²) in [5.41, 5.74) is 1.68. The molecule has 0 bridgehead atoms. The van der Waals surface area contributed by atoms with Crippen molar-refractivity contribution in [3.63, 3.8) is 0 Å². The SMILES string of the molecule is C[C@@H](OC(=O)c1ccc(CS(C)(=O)=O)cc1)c1nnc(-c2ccccc2)o1. The molecule has 140 valence electrons. The number of hydrogen-bond donors (Lipinski definition) is 0. The summed E-state index contributed by atoms with van der Waals surface area (Å²) in [5.74, 6) is -0.106. The Bertz CT molecular complexity index is 1030. The van der Waals surface area contributed by atoms with Gasteiger partial charge in [0.15, 0.2) is 15.9 Å². The molecule has 0 amide bonds. The monoisotopic (exact) mass is 386 g/mol. The van der Waals surface area contributed by atoms with Gasteiger partial charge in [0.05, 0.1) is 11.3 Å². The molecule has 1 atom stereocenters. The fourth-order valence-corrected chi connectivity index (χ4v) is 3.21. The van der Waals surface area contributed by atoms with Crippen molar-refractivity contribution in [2.75, 3.05) is 6.26 Å². The number of ether oxygens (including phenoxy) is 1. The predicted octanol–water partition coefficient (Wildman–Crippen LogP) is 3.20. The first-order valence-electron chi connectivity index (χ1n) is 8.18. The number of carbonyl (C=O) groups is 1. The summed E-state index contributed by atoms with van der Waals surface area (Å²) in [6.45, 7) is 1.64. The molecule has 0 saturated carbocycles. The van der Waals surface area contributed by atoms with Gasteiger partial charge < -0.3 is 9.15 Å². The quantitative estimate of drug-likeness (QED) is 0.600. The van der Waals surface area contributed by atoms with E-state index in [0.717, 1.165) is 11.8 Å². The van der Waals surface area contributed by atoms with E-state index >= 15 is 0 Å². The smallest absolute Gasteiger partial charge is 0.338 e. The molecular formula is C19H18N2O5S. The minimum atomic E-state index is -3.13. The average Bonchev–Trinajstić information content (AvgIpc) is 3.12. The van der Waals surface area contributed by atoms with Crippen LogP contribution in [0, 0.1) is 0 Å². The van der Waals surface area contributed by atoms with E-state index < -0.39 is 21.9 Å². The molecule has 0 radical (unpaired) electrons. The molecule has 0 fully saturated rings. The Kier molecular flexibility index (Phi) is 5.36. The third kappa shape index (κ3) is 5.01. The lowest BCUT2D eigenvalue weighted by atomic mass is 10.1. The van der Waals surface area contributed by atoms with Gasteiger partial charge in [-0.15, -0.1) is 10.2 Å². The van der Waals surface area contributed by atoms with E-state index in [9.17, 15) is 13.2 Å². The highest BCUT2D eigenvalue weighted by Gasteiger charge is 2.20. The molecule has 2 aromatic carbocycles. The summed E-state index contributed by atoms with van der Waals surface area (Å²) in [6.07, 6.45) is 0.434. The second-order valence-corrected chi connectivity index (χ2v) is 8.27. The van der Waals surface area contributed by atoms with Crippen LogP contribution in [-0.2, 0) is 20.3 Å². The van der Waals surface area contributed by atoms with Crippen molar-refractivity contribution in [2.45, 2.75) is 18.8 Å². The van der Waals surface area contributed by atoms with E-state index in [1.54, 1.807) is 19.1 Å². The third-order valence-electron chi connectivity index (χ3n) is 3.71. The van der Waals surface area contributed by atoms with Crippen molar-refractivity contribution in [3.8, 4) is 11.5 Å². The molecule has 0 aliphatic rings. The molecule has 27 heavy (non-hydrogen) atoms. The van der Waals surface area contributed by atoms with E-state index in [1.165, 1.54) is 12.1 Å². The first-order valence-corrected chi connectivity index (χ1v) is 10.2. The van der Waals surface area contributed by atoms with Gasteiger partial charge in [-0.25, -0.2) is 13.2 Å². The van der Waals surface area contributed by atoms with Crippen molar-refractivity contribution in [1.82, 2.24) is 10.2 Å². The average molecular weight is 386 g/mol. The van der Waals surface area contributed by atoms with Gasteiger partial charge in [-0.1, -0.05) is 30.3 Å². The summed E-state index contributed by atoms with van der Waals surface area (Å²) in [6, 6.07) is 15.5. The van der Waals surface area contributed by atoms with Crippen LogP contribution in [0.3, 0.4) is 0 Å². The third-order valence-corrected chi connectivity index (χ3v) is 4.57. The number of esters is 1. The molecule has 0 unspecified atom stereocenters. The van der Waals surface area contributed by atoms with Gasteiger partial charge >= 0.3 is 5.97 Å². The highest BCUT2D eigenvalue weighted by molar-refractivity contribution is 7.89. The zero-order valence-corrected chi connectivity index (χ0v) is 15.6. The fourth-order valence-electron chi connectivity index (χ4n) is 2.42. The number of sulfone groups is 1. The Morgan fingerprint density at radius 2 is 1.74 bits per heavy atom. The molecule has 1 heterocycles. The molecule has 0 aliphatic heterocycles. The van der Waals surface area contributed by atoms with E-state index in [2.05, 4.69) is 10.2 Å². The van der Waals surface area contributed by atoms with Gasteiger partial charge in [0.25, 0.3) is 5.89 Å². The zero-order chi connectivity index (χ0) is 19.4. The number of carbonyl (C=O) groups excluding carboxylic acids is 1. The number of rotatable bonds is 6. The molecule has 0 saturated heterocycles. The lowest BCUT2D eigenvalue weighted by Crippen LogP contribution is -2.10. The van der Waals surface area contributed by atoms with Gasteiger partial charge in [-0.05, 0) is 36.8 Å². The van der Waals surface area contributed by atoms with Crippen LogP contribution in [0.4, 0.5) is 0 Å². The van der Waals surface area contributed by atoms with Crippen molar-refractivity contribution >= 4 is 15.8 Å². The van der Waals surface area contributed by atoms with Gasteiger partial charge in [0, 0.05) is 11.8 Å². The molecule has 1 aromatic heterocycles. The maximum absolute atomic E-state index is 12.3. The van der Waals surface area contributed by atoms with Crippen LogP contribution >= 0.6 is 0 Å². The second-order valence-electron chi connectivity index (χ2n) is 6.13.